The van der Waals surface area contributed by atoms with Crippen LogP contribution in [0, 0.1) is 5.82 Å². The number of hydrogen-bond acceptors (Lipinski definition) is 7. The molecule has 1 unspecified atom stereocenters. The van der Waals surface area contributed by atoms with E-state index in [4.69, 9.17) is 44.3 Å². The van der Waals surface area contributed by atoms with E-state index in [0.717, 1.165) is 6.33 Å². The summed E-state index contributed by atoms with van der Waals surface area (Å²) in [6.45, 7) is -0.339. The lowest BCUT2D eigenvalue weighted by Crippen LogP contribution is -2.40. The quantitative estimate of drug-likeness (QED) is 0.236. The molecule has 9 nitrogen and oxygen atoms in total. The first-order valence-corrected chi connectivity index (χ1v) is 10.6. The Balaban J connectivity index is 0.000000192. The predicted octanol–water partition coefficient (Wildman–Crippen LogP) is 1.94. The molecule has 0 spiro atoms. The van der Waals surface area contributed by atoms with Crippen molar-refractivity contribution in [2.75, 3.05) is 25.5 Å². The first kappa shape index (κ1) is 25.8. The van der Waals surface area contributed by atoms with E-state index in [-0.39, 0.29) is 32.5 Å². The molecular weight excluding hydrogens is 497 g/mol. The van der Waals surface area contributed by atoms with Crippen LogP contribution in [0.5, 0.6) is 0 Å². The van der Waals surface area contributed by atoms with Gasteiger partial charge in [0, 0.05) is 30.3 Å². The van der Waals surface area contributed by atoms with Crippen LogP contribution < -0.4 is 11.3 Å². The second-order valence-electron chi connectivity index (χ2n) is 7.51. The number of anilines is 1. The molecule has 1 fully saturated rings. The standard InChI is InChI=1S/C12H11Cl2F2NO.C9H9N3O4/c13-8-1-2-9(16)11(12(8)14)7-3-4-17(6-7)10(18)5-15;10-5-1-2-7-6(3-5)8(13)12(4-11-7)9(14,15)16/h1-2,7H,3-6H2;1-4,14-16H,10H2. The Hall–Kier alpha value is -2.83. The van der Waals surface area contributed by atoms with Gasteiger partial charge in [0.1, 0.15) is 12.1 Å². The third kappa shape index (κ3) is 5.45. The number of nitrogen functional groups attached to an aromatic ring is 1. The summed E-state index contributed by atoms with van der Waals surface area (Å²) in [5, 5.41) is 27.2. The average molecular weight is 517 g/mol. The summed E-state index contributed by atoms with van der Waals surface area (Å²) in [4.78, 5) is 28.1. The summed E-state index contributed by atoms with van der Waals surface area (Å²) >= 11 is 11.8. The lowest BCUT2D eigenvalue weighted by molar-refractivity contribution is -0.377. The number of aromatic nitrogens is 2. The van der Waals surface area contributed by atoms with E-state index >= 15 is 0 Å². The minimum atomic E-state index is -3.27. The molecule has 13 heteroatoms. The van der Waals surface area contributed by atoms with Crippen molar-refractivity contribution in [2.24, 2.45) is 0 Å². The van der Waals surface area contributed by atoms with Crippen LogP contribution in [0.4, 0.5) is 14.5 Å². The second-order valence-corrected chi connectivity index (χ2v) is 8.30. The lowest BCUT2D eigenvalue weighted by Gasteiger charge is -2.16. The number of benzene rings is 2. The molecule has 0 bridgehead atoms. The number of fused-ring (bicyclic) bond motifs is 1. The fourth-order valence-corrected chi connectivity index (χ4v) is 4.05. The minimum Gasteiger partial charge on any atom is -0.399 e. The molecule has 0 aliphatic carbocycles. The third-order valence-corrected chi connectivity index (χ3v) is 6.07. The Kier molecular flexibility index (Phi) is 7.74. The number of rotatable bonds is 3. The zero-order valence-electron chi connectivity index (χ0n) is 17.5. The summed E-state index contributed by atoms with van der Waals surface area (Å²) in [6.07, 6.45) is -1.88. The molecule has 1 aromatic heterocycles. The highest BCUT2D eigenvalue weighted by Gasteiger charge is 2.31. The molecule has 0 saturated carbocycles. The van der Waals surface area contributed by atoms with Gasteiger partial charge in [-0.1, -0.05) is 23.2 Å². The maximum atomic E-state index is 13.8. The highest BCUT2D eigenvalue weighted by molar-refractivity contribution is 6.42. The molecule has 1 amide bonds. The molecular formula is C21H20Cl2F2N4O5. The molecule has 4 rings (SSSR count). The normalized spacial score (nSPS) is 15.9. The van der Waals surface area contributed by atoms with Crippen molar-refractivity contribution in [1.82, 2.24) is 14.5 Å². The van der Waals surface area contributed by atoms with Gasteiger partial charge in [0.05, 0.1) is 20.9 Å². The molecule has 34 heavy (non-hydrogen) atoms. The van der Waals surface area contributed by atoms with Gasteiger partial charge in [-0.3, -0.25) is 9.59 Å². The number of halogens is 4. The van der Waals surface area contributed by atoms with Crippen LogP contribution in [0.1, 0.15) is 17.9 Å². The van der Waals surface area contributed by atoms with Crippen molar-refractivity contribution in [1.29, 1.82) is 0 Å². The number of aliphatic hydroxyl groups is 3. The van der Waals surface area contributed by atoms with E-state index in [2.05, 4.69) is 4.98 Å². The van der Waals surface area contributed by atoms with E-state index in [1.54, 1.807) is 6.07 Å². The smallest absolute Gasteiger partial charge is 0.377 e. The van der Waals surface area contributed by atoms with Crippen LogP contribution in [0.3, 0.4) is 0 Å². The van der Waals surface area contributed by atoms with Crippen molar-refractivity contribution < 1.29 is 28.9 Å². The Bertz CT molecular complexity index is 1280. The fourth-order valence-electron chi connectivity index (χ4n) is 3.58. The molecule has 1 aliphatic rings. The number of nitrogens with zero attached hydrogens (tertiary/aromatic N) is 3. The average Bonchev–Trinajstić information content (AvgIpc) is 3.26. The van der Waals surface area contributed by atoms with Crippen LogP contribution in [-0.4, -0.2) is 55.4 Å². The fraction of sp³-hybridized carbons (Fsp3) is 0.286. The van der Waals surface area contributed by atoms with Crippen LogP contribution >= 0.6 is 23.2 Å². The van der Waals surface area contributed by atoms with Gasteiger partial charge in [-0.05, 0) is 36.8 Å². The Morgan fingerprint density at radius 3 is 2.59 bits per heavy atom. The molecule has 182 valence electrons. The van der Waals surface area contributed by atoms with Crippen molar-refractivity contribution in [3.8, 4) is 0 Å². The Labute approximate surface area is 201 Å². The molecule has 0 radical (unpaired) electrons. The van der Waals surface area contributed by atoms with Crippen molar-refractivity contribution >= 4 is 45.7 Å². The first-order valence-electron chi connectivity index (χ1n) is 9.85. The molecule has 2 aromatic carbocycles. The Morgan fingerprint density at radius 1 is 1.24 bits per heavy atom. The van der Waals surface area contributed by atoms with Gasteiger partial charge in [-0.2, -0.15) is 0 Å². The summed E-state index contributed by atoms with van der Waals surface area (Å²) in [5.74, 6) is -1.24. The number of carbonyl (C=O) groups excluding carboxylic acids is 1. The maximum Gasteiger partial charge on any atom is 0.377 e. The van der Waals surface area contributed by atoms with Crippen LogP contribution in [0.15, 0.2) is 41.5 Å². The second kappa shape index (κ2) is 10.2. The van der Waals surface area contributed by atoms with Gasteiger partial charge >= 0.3 is 6.10 Å². The molecule has 1 atom stereocenters. The molecule has 3 aromatic rings. The number of hydrogen-bond donors (Lipinski definition) is 4. The Morgan fingerprint density at radius 2 is 1.94 bits per heavy atom. The lowest BCUT2D eigenvalue weighted by atomic mass is 9.98. The highest BCUT2D eigenvalue weighted by Crippen LogP contribution is 2.37. The van der Waals surface area contributed by atoms with E-state index in [9.17, 15) is 18.4 Å². The highest BCUT2D eigenvalue weighted by atomic mass is 35.5. The van der Waals surface area contributed by atoms with Crippen LogP contribution in [0.25, 0.3) is 10.9 Å². The molecule has 5 N–H and O–H groups in total. The van der Waals surface area contributed by atoms with E-state index in [1.807, 2.05) is 0 Å². The predicted molar refractivity (Wildman–Crippen MR) is 121 cm³/mol. The molecule has 2 heterocycles. The monoisotopic (exact) mass is 516 g/mol. The summed E-state index contributed by atoms with van der Waals surface area (Å²) in [6, 6.07) is 7.06. The zero-order chi connectivity index (χ0) is 25.2. The topological polar surface area (TPSA) is 142 Å². The van der Waals surface area contributed by atoms with Gasteiger partial charge in [-0.25, -0.2) is 18.3 Å². The number of carbonyl (C=O) groups is 1. The van der Waals surface area contributed by atoms with E-state index in [1.165, 1.54) is 29.2 Å². The van der Waals surface area contributed by atoms with E-state index < -0.39 is 30.1 Å². The largest absolute Gasteiger partial charge is 0.399 e. The van der Waals surface area contributed by atoms with Gasteiger partial charge in [0.2, 0.25) is 0 Å². The summed E-state index contributed by atoms with van der Waals surface area (Å²) in [5.41, 5.74) is 5.69. The van der Waals surface area contributed by atoms with Gasteiger partial charge in [-0.15, -0.1) is 0 Å². The number of amides is 1. The van der Waals surface area contributed by atoms with E-state index in [0.29, 0.717) is 29.7 Å². The first-order chi connectivity index (χ1) is 15.9. The van der Waals surface area contributed by atoms with Crippen LogP contribution in [-0.2, 0) is 10.9 Å². The number of likely N-dealkylation sites (tertiary alicyclic amines) is 1. The number of alkyl halides is 1. The maximum absolute atomic E-state index is 13.8. The zero-order valence-corrected chi connectivity index (χ0v) is 19.0. The van der Waals surface area contributed by atoms with Crippen molar-refractivity contribution in [3.63, 3.8) is 0 Å². The van der Waals surface area contributed by atoms with Crippen molar-refractivity contribution in [3.05, 3.63) is 68.4 Å². The third-order valence-electron chi connectivity index (χ3n) is 5.25. The van der Waals surface area contributed by atoms with Crippen molar-refractivity contribution in [2.45, 2.75) is 18.4 Å². The van der Waals surface area contributed by atoms with Crippen LogP contribution in [0.2, 0.25) is 10.0 Å². The van der Waals surface area contributed by atoms with Gasteiger partial charge in [0.15, 0.2) is 6.67 Å². The summed E-state index contributed by atoms with van der Waals surface area (Å²) < 4.78 is 26.3. The SMILES string of the molecule is Nc1ccc2ncn(C(O)(O)O)c(=O)c2c1.O=C(CF)N1CCC(c2c(F)ccc(Cl)c2Cl)C1. The number of nitrogens with two attached hydrogens (primary N) is 1. The molecule has 1 saturated heterocycles. The summed E-state index contributed by atoms with van der Waals surface area (Å²) in [7, 11) is 0. The molecule has 1 aliphatic heterocycles. The minimum absolute atomic E-state index is 0.0871. The van der Waals surface area contributed by atoms with Gasteiger partial charge in [0.25, 0.3) is 11.5 Å². The van der Waals surface area contributed by atoms with Gasteiger partial charge < -0.3 is 26.0 Å².